The van der Waals surface area contributed by atoms with E-state index in [1.54, 1.807) is 12.3 Å². The Bertz CT molecular complexity index is 774. The highest BCUT2D eigenvalue weighted by Crippen LogP contribution is 2.31. The highest BCUT2D eigenvalue weighted by molar-refractivity contribution is 5.82. The summed E-state index contributed by atoms with van der Waals surface area (Å²) < 4.78 is 2.44. The van der Waals surface area contributed by atoms with Crippen molar-refractivity contribution in [2.75, 3.05) is 5.43 Å². The van der Waals surface area contributed by atoms with Gasteiger partial charge < -0.3 is 4.57 Å². The second kappa shape index (κ2) is 7.46. The van der Waals surface area contributed by atoms with Gasteiger partial charge in [0.25, 0.3) is 5.69 Å². The predicted octanol–water partition coefficient (Wildman–Crippen LogP) is 4.36. The predicted molar refractivity (Wildman–Crippen MR) is 98.1 cm³/mol. The van der Waals surface area contributed by atoms with Gasteiger partial charge in [0.15, 0.2) is 0 Å². The normalized spacial score (nSPS) is 15.6. The summed E-state index contributed by atoms with van der Waals surface area (Å²) in [6, 6.07) is 5.69. The molecule has 1 aliphatic rings. The highest BCUT2D eigenvalue weighted by Gasteiger charge is 2.19. The number of pyridine rings is 1. The third-order valence-corrected chi connectivity index (χ3v) is 4.80. The molecule has 1 N–H and O–H groups in total. The minimum Gasteiger partial charge on any atom is -0.345 e. The summed E-state index contributed by atoms with van der Waals surface area (Å²) in [7, 11) is 0. The maximum absolute atomic E-state index is 10.6. The second-order valence-corrected chi connectivity index (χ2v) is 6.52. The average Bonchev–Trinajstić information content (AvgIpc) is 2.90. The molecule has 0 amide bonds. The fraction of sp³-hybridized carbons (Fsp3) is 0.444. The number of hydrogen-bond acceptors (Lipinski definition) is 5. The van der Waals surface area contributed by atoms with E-state index < -0.39 is 4.92 Å². The molecule has 132 valence electrons. The van der Waals surface area contributed by atoms with Gasteiger partial charge in [0.2, 0.25) is 0 Å². The maximum Gasteiger partial charge on any atom is 0.287 e. The van der Waals surface area contributed by atoms with Gasteiger partial charge in [-0.2, -0.15) is 5.10 Å². The van der Waals surface area contributed by atoms with Crippen LogP contribution in [-0.2, 0) is 0 Å². The monoisotopic (exact) mass is 341 g/mol. The van der Waals surface area contributed by atoms with Crippen molar-refractivity contribution >= 4 is 17.7 Å². The molecule has 25 heavy (non-hydrogen) atoms. The van der Waals surface area contributed by atoms with Gasteiger partial charge in [0, 0.05) is 29.1 Å². The third-order valence-electron chi connectivity index (χ3n) is 4.80. The lowest BCUT2D eigenvalue weighted by molar-refractivity contribution is -0.385. The molecule has 0 aromatic carbocycles. The summed E-state index contributed by atoms with van der Waals surface area (Å²) in [5, 5.41) is 14.9. The summed E-state index contributed by atoms with van der Waals surface area (Å²) in [6.45, 7) is 4.28. The van der Waals surface area contributed by atoms with E-state index in [9.17, 15) is 10.1 Å². The van der Waals surface area contributed by atoms with Crippen LogP contribution in [0.3, 0.4) is 0 Å². The van der Waals surface area contributed by atoms with Gasteiger partial charge in [-0.15, -0.1) is 0 Å². The van der Waals surface area contributed by atoms with E-state index >= 15 is 0 Å². The summed E-state index contributed by atoms with van der Waals surface area (Å²) in [6.07, 6.45) is 9.45. The van der Waals surface area contributed by atoms with E-state index in [0.29, 0.717) is 11.9 Å². The Hall–Kier alpha value is -2.70. The van der Waals surface area contributed by atoms with Crippen molar-refractivity contribution in [3.05, 3.63) is 51.5 Å². The molecule has 7 heteroatoms. The van der Waals surface area contributed by atoms with Gasteiger partial charge in [0.05, 0.1) is 11.1 Å². The Labute approximate surface area is 146 Å². The Morgan fingerprint density at radius 1 is 1.32 bits per heavy atom. The molecule has 2 aromatic rings. The summed E-state index contributed by atoms with van der Waals surface area (Å²) in [4.78, 5) is 14.1. The van der Waals surface area contributed by atoms with E-state index in [-0.39, 0.29) is 5.69 Å². The Morgan fingerprint density at radius 3 is 2.72 bits per heavy atom. The third kappa shape index (κ3) is 3.87. The Morgan fingerprint density at radius 2 is 2.08 bits per heavy atom. The van der Waals surface area contributed by atoms with E-state index in [0.717, 1.165) is 5.56 Å². The molecule has 0 aliphatic heterocycles. The highest BCUT2D eigenvalue weighted by atomic mass is 16.6. The number of nitro groups is 1. The topological polar surface area (TPSA) is 85.3 Å². The summed E-state index contributed by atoms with van der Waals surface area (Å²) in [5.41, 5.74) is 6.36. The first-order valence-corrected chi connectivity index (χ1v) is 8.64. The van der Waals surface area contributed by atoms with Crippen LogP contribution in [0.15, 0.2) is 29.5 Å². The zero-order valence-corrected chi connectivity index (χ0v) is 14.6. The van der Waals surface area contributed by atoms with Crippen molar-refractivity contribution in [2.24, 2.45) is 5.10 Å². The van der Waals surface area contributed by atoms with Crippen LogP contribution in [0.1, 0.15) is 55.1 Å². The average molecular weight is 341 g/mol. The zero-order chi connectivity index (χ0) is 17.8. The van der Waals surface area contributed by atoms with Crippen molar-refractivity contribution < 1.29 is 4.92 Å². The van der Waals surface area contributed by atoms with Crippen LogP contribution >= 0.6 is 0 Å². The fourth-order valence-electron chi connectivity index (χ4n) is 3.56. The minimum atomic E-state index is -0.472. The van der Waals surface area contributed by atoms with E-state index in [1.165, 1.54) is 55.8 Å². The van der Waals surface area contributed by atoms with Gasteiger partial charge in [0.1, 0.15) is 12.0 Å². The van der Waals surface area contributed by atoms with Gasteiger partial charge in [-0.3, -0.25) is 15.5 Å². The smallest absolute Gasteiger partial charge is 0.287 e. The molecular weight excluding hydrogens is 318 g/mol. The molecule has 2 aromatic heterocycles. The van der Waals surface area contributed by atoms with E-state index in [4.69, 9.17) is 0 Å². The number of hydrazone groups is 1. The second-order valence-electron chi connectivity index (χ2n) is 6.52. The molecule has 0 radical (unpaired) electrons. The lowest BCUT2D eigenvalue weighted by Crippen LogP contribution is -2.15. The van der Waals surface area contributed by atoms with Crippen LogP contribution in [0.25, 0.3) is 0 Å². The molecule has 0 atom stereocenters. The molecular formula is C18H23N5O2. The lowest BCUT2D eigenvalue weighted by atomic mass is 9.95. The molecule has 0 saturated heterocycles. The number of rotatable bonds is 5. The molecule has 7 nitrogen and oxygen atoms in total. The quantitative estimate of drug-likeness (QED) is 0.497. The molecule has 1 aliphatic carbocycles. The van der Waals surface area contributed by atoms with Crippen molar-refractivity contribution in [1.82, 2.24) is 9.55 Å². The van der Waals surface area contributed by atoms with Gasteiger partial charge >= 0.3 is 0 Å². The van der Waals surface area contributed by atoms with Crippen LogP contribution in [0.4, 0.5) is 11.5 Å². The molecule has 0 spiro atoms. The summed E-state index contributed by atoms with van der Waals surface area (Å²) in [5.74, 6) is 0.475. The number of hydrogen-bond donors (Lipinski definition) is 1. The Kier molecular flexibility index (Phi) is 5.11. The van der Waals surface area contributed by atoms with Crippen molar-refractivity contribution in [3.63, 3.8) is 0 Å². The first-order valence-electron chi connectivity index (χ1n) is 8.64. The van der Waals surface area contributed by atoms with Gasteiger partial charge in [-0.1, -0.05) is 19.3 Å². The standard InChI is InChI=1S/C18H23N5O2/c1-13-10-15(14(2)22(13)16-6-4-3-5-7-16)11-20-21-18-9-8-17(12-19-18)23(24)25/h8-12,16H,3-7H2,1-2H3,(H,19,21). The fourth-order valence-corrected chi connectivity index (χ4v) is 3.56. The molecule has 2 heterocycles. The van der Waals surface area contributed by atoms with Crippen LogP contribution in [-0.4, -0.2) is 20.7 Å². The minimum absolute atomic E-state index is 0.0365. The van der Waals surface area contributed by atoms with Gasteiger partial charge in [-0.05, 0) is 38.8 Å². The number of nitrogens with zero attached hydrogens (tertiary/aromatic N) is 4. The first-order chi connectivity index (χ1) is 12.1. The largest absolute Gasteiger partial charge is 0.345 e. The first kappa shape index (κ1) is 17.1. The van der Waals surface area contributed by atoms with Crippen molar-refractivity contribution in [3.8, 4) is 0 Å². The molecule has 0 bridgehead atoms. The van der Waals surface area contributed by atoms with Crippen LogP contribution in [0, 0.1) is 24.0 Å². The van der Waals surface area contributed by atoms with Crippen molar-refractivity contribution in [1.29, 1.82) is 0 Å². The number of nitrogens with one attached hydrogen (secondary N) is 1. The SMILES string of the molecule is Cc1cc(C=NNc2ccc([N+](=O)[O-])cn2)c(C)n1C1CCCCC1. The lowest BCUT2D eigenvalue weighted by Gasteiger charge is -2.26. The van der Waals surface area contributed by atoms with Crippen molar-refractivity contribution in [2.45, 2.75) is 52.0 Å². The zero-order valence-electron chi connectivity index (χ0n) is 14.6. The van der Waals surface area contributed by atoms with E-state index in [2.05, 4.69) is 40.0 Å². The summed E-state index contributed by atoms with van der Waals surface area (Å²) >= 11 is 0. The number of anilines is 1. The van der Waals surface area contributed by atoms with Crippen LogP contribution in [0.5, 0.6) is 0 Å². The number of aryl methyl sites for hydroxylation is 1. The van der Waals surface area contributed by atoms with E-state index in [1.807, 2.05) is 0 Å². The Balaban J connectivity index is 1.70. The number of aromatic nitrogens is 2. The molecule has 1 saturated carbocycles. The molecule has 1 fully saturated rings. The maximum atomic E-state index is 10.6. The van der Waals surface area contributed by atoms with Crippen LogP contribution in [0.2, 0.25) is 0 Å². The van der Waals surface area contributed by atoms with Gasteiger partial charge in [-0.25, -0.2) is 4.98 Å². The molecule has 0 unspecified atom stereocenters. The molecule has 3 rings (SSSR count). The van der Waals surface area contributed by atoms with Crippen LogP contribution < -0.4 is 5.43 Å².